The van der Waals surface area contributed by atoms with E-state index in [1.54, 1.807) is 4.90 Å². The Hall–Kier alpha value is -2.28. The van der Waals surface area contributed by atoms with E-state index >= 15 is 0 Å². The van der Waals surface area contributed by atoms with Gasteiger partial charge in [-0.2, -0.15) is 0 Å². The summed E-state index contributed by atoms with van der Waals surface area (Å²) in [5, 5.41) is 9.10. The molecule has 3 rings (SSSR count). The molecule has 1 aromatic rings. The second-order valence-corrected chi connectivity index (χ2v) is 6.60. The number of nitrogens with two attached hydrogens (primary N) is 1. The number of amides is 2. The van der Waals surface area contributed by atoms with Gasteiger partial charge in [0.25, 0.3) is 0 Å². The molecule has 136 valence electrons. The maximum atomic E-state index is 12.8. The van der Waals surface area contributed by atoms with Gasteiger partial charge in [-0.05, 0) is 49.9 Å². The largest absolute Gasteiger partial charge is 0.492 e. The van der Waals surface area contributed by atoms with E-state index in [0.717, 1.165) is 24.3 Å². The standard InChI is InChI=1S/C18H25N3O4/c19-9-12-25-16-7-5-15(6-8-16)21-11-10-20(18(21)24)14-3-1-13(2-4-14)17(22)23/h5-8,13-14H,1-4,9-12,19H2,(H,22,23)/t13-,14-. The van der Waals surface area contributed by atoms with Crippen molar-refractivity contribution >= 4 is 17.7 Å². The van der Waals surface area contributed by atoms with Gasteiger partial charge in [-0.3, -0.25) is 9.69 Å². The minimum Gasteiger partial charge on any atom is -0.492 e. The fraction of sp³-hybridized carbons (Fsp3) is 0.556. The van der Waals surface area contributed by atoms with Crippen molar-refractivity contribution in [2.24, 2.45) is 11.7 Å². The maximum Gasteiger partial charge on any atom is 0.324 e. The summed E-state index contributed by atoms with van der Waals surface area (Å²) in [4.78, 5) is 27.5. The molecule has 7 heteroatoms. The van der Waals surface area contributed by atoms with Gasteiger partial charge in [0.05, 0.1) is 5.92 Å². The van der Waals surface area contributed by atoms with Crippen molar-refractivity contribution in [2.45, 2.75) is 31.7 Å². The molecule has 0 radical (unpaired) electrons. The number of carbonyl (C=O) groups is 2. The topological polar surface area (TPSA) is 96.1 Å². The van der Waals surface area contributed by atoms with Gasteiger partial charge in [-0.15, -0.1) is 0 Å². The third-order valence-electron chi connectivity index (χ3n) is 5.06. The highest BCUT2D eigenvalue weighted by molar-refractivity contribution is 5.94. The van der Waals surface area contributed by atoms with Gasteiger partial charge in [0.1, 0.15) is 12.4 Å². The number of rotatable bonds is 6. The summed E-state index contributed by atoms with van der Waals surface area (Å²) in [7, 11) is 0. The van der Waals surface area contributed by atoms with Crippen LogP contribution < -0.4 is 15.4 Å². The number of aliphatic carboxylic acids is 1. The smallest absolute Gasteiger partial charge is 0.324 e. The molecule has 0 bridgehead atoms. The van der Waals surface area contributed by atoms with E-state index in [0.29, 0.717) is 39.1 Å². The first kappa shape index (κ1) is 17.5. The molecule has 7 nitrogen and oxygen atoms in total. The van der Waals surface area contributed by atoms with Gasteiger partial charge in [0, 0.05) is 31.4 Å². The Labute approximate surface area is 147 Å². The van der Waals surface area contributed by atoms with Crippen LogP contribution in [0.25, 0.3) is 0 Å². The highest BCUT2D eigenvalue weighted by atomic mass is 16.5. The first-order chi connectivity index (χ1) is 12.1. The van der Waals surface area contributed by atoms with E-state index in [1.165, 1.54) is 0 Å². The predicted molar refractivity (Wildman–Crippen MR) is 93.8 cm³/mol. The number of benzene rings is 1. The normalized spacial score (nSPS) is 23.8. The number of hydrogen-bond acceptors (Lipinski definition) is 4. The van der Waals surface area contributed by atoms with Gasteiger partial charge in [0.2, 0.25) is 0 Å². The van der Waals surface area contributed by atoms with E-state index in [4.69, 9.17) is 15.6 Å². The number of urea groups is 1. The molecule has 0 unspecified atom stereocenters. The molecule has 1 aromatic carbocycles. The quantitative estimate of drug-likeness (QED) is 0.819. The fourth-order valence-electron chi connectivity index (χ4n) is 3.67. The zero-order valence-electron chi connectivity index (χ0n) is 14.3. The molecule has 2 amide bonds. The van der Waals surface area contributed by atoms with Crippen molar-refractivity contribution in [3.05, 3.63) is 24.3 Å². The fourth-order valence-corrected chi connectivity index (χ4v) is 3.67. The van der Waals surface area contributed by atoms with Gasteiger partial charge in [0.15, 0.2) is 0 Å². The van der Waals surface area contributed by atoms with Crippen molar-refractivity contribution in [1.82, 2.24) is 4.90 Å². The molecule has 1 heterocycles. The Balaban J connectivity index is 1.59. The van der Waals surface area contributed by atoms with Gasteiger partial charge >= 0.3 is 12.0 Å². The van der Waals surface area contributed by atoms with E-state index in [1.807, 2.05) is 29.2 Å². The number of ether oxygens (including phenoxy) is 1. The number of carbonyl (C=O) groups excluding carboxylic acids is 1. The molecule has 2 fully saturated rings. The predicted octanol–water partition coefficient (Wildman–Crippen LogP) is 1.91. The van der Waals surface area contributed by atoms with Crippen molar-refractivity contribution in [1.29, 1.82) is 0 Å². The van der Waals surface area contributed by atoms with Crippen LogP contribution in [0.15, 0.2) is 24.3 Å². The number of carboxylic acid groups (broad SMARTS) is 1. The van der Waals surface area contributed by atoms with Crippen LogP contribution in [0.3, 0.4) is 0 Å². The van der Waals surface area contributed by atoms with E-state index in [-0.39, 0.29) is 18.0 Å². The van der Waals surface area contributed by atoms with E-state index in [2.05, 4.69) is 0 Å². The van der Waals surface area contributed by atoms with Crippen LogP contribution in [0, 0.1) is 5.92 Å². The highest BCUT2D eigenvalue weighted by Crippen LogP contribution is 2.31. The van der Waals surface area contributed by atoms with Crippen molar-refractivity contribution in [2.75, 3.05) is 31.1 Å². The first-order valence-corrected chi connectivity index (χ1v) is 8.84. The molecule has 0 atom stereocenters. The molecule has 2 aliphatic rings. The maximum absolute atomic E-state index is 12.8. The first-order valence-electron chi connectivity index (χ1n) is 8.84. The molecular formula is C18H25N3O4. The lowest BCUT2D eigenvalue weighted by Gasteiger charge is -2.33. The summed E-state index contributed by atoms with van der Waals surface area (Å²) >= 11 is 0. The van der Waals surface area contributed by atoms with Crippen LogP contribution in [-0.4, -0.2) is 54.3 Å². The zero-order valence-corrected chi connectivity index (χ0v) is 14.3. The van der Waals surface area contributed by atoms with Crippen molar-refractivity contribution < 1.29 is 19.4 Å². The number of anilines is 1. The van der Waals surface area contributed by atoms with Crippen molar-refractivity contribution in [3.8, 4) is 5.75 Å². The number of hydrogen-bond donors (Lipinski definition) is 2. The minimum atomic E-state index is -0.718. The monoisotopic (exact) mass is 347 g/mol. The number of carboxylic acids is 1. The summed E-state index contributed by atoms with van der Waals surface area (Å²) in [6.45, 7) is 2.27. The molecular weight excluding hydrogens is 322 g/mol. The van der Waals surface area contributed by atoms with Crippen molar-refractivity contribution in [3.63, 3.8) is 0 Å². The third kappa shape index (κ3) is 3.87. The average Bonchev–Trinajstić information content (AvgIpc) is 3.02. The molecule has 25 heavy (non-hydrogen) atoms. The molecule has 3 N–H and O–H groups in total. The second-order valence-electron chi connectivity index (χ2n) is 6.60. The lowest BCUT2D eigenvalue weighted by molar-refractivity contribution is -0.143. The Bertz CT molecular complexity index is 611. The van der Waals surface area contributed by atoms with Crippen LogP contribution in [-0.2, 0) is 4.79 Å². The molecule has 1 aliphatic heterocycles. The van der Waals surface area contributed by atoms with Crippen LogP contribution >= 0.6 is 0 Å². The Morgan fingerprint density at radius 1 is 1.16 bits per heavy atom. The lowest BCUT2D eigenvalue weighted by atomic mass is 9.85. The van der Waals surface area contributed by atoms with Crippen LogP contribution in [0.2, 0.25) is 0 Å². The summed E-state index contributed by atoms with van der Waals surface area (Å²) < 4.78 is 5.46. The molecule has 1 saturated heterocycles. The SMILES string of the molecule is NCCOc1ccc(N2CCN([C@H]3CC[C@H](C(=O)O)CC3)C2=O)cc1. The molecule has 0 aromatic heterocycles. The molecule has 1 saturated carbocycles. The third-order valence-corrected chi connectivity index (χ3v) is 5.06. The van der Waals surface area contributed by atoms with E-state index < -0.39 is 5.97 Å². The molecule has 0 spiro atoms. The van der Waals surface area contributed by atoms with E-state index in [9.17, 15) is 9.59 Å². The second kappa shape index (κ2) is 7.74. The van der Waals surface area contributed by atoms with Crippen LogP contribution in [0.1, 0.15) is 25.7 Å². The van der Waals surface area contributed by atoms with Gasteiger partial charge < -0.3 is 20.5 Å². The summed E-state index contributed by atoms with van der Waals surface area (Å²) in [5.74, 6) is -0.236. The van der Waals surface area contributed by atoms with Crippen LogP contribution in [0.4, 0.5) is 10.5 Å². The van der Waals surface area contributed by atoms with Gasteiger partial charge in [-0.1, -0.05) is 0 Å². The Morgan fingerprint density at radius 3 is 2.44 bits per heavy atom. The van der Waals surface area contributed by atoms with Crippen LogP contribution in [0.5, 0.6) is 5.75 Å². The Morgan fingerprint density at radius 2 is 1.84 bits per heavy atom. The Kier molecular flexibility index (Phi) is 5.43. The van der Waals surface area contributed by atoms with Gasteiger partial charge in [-0.25, -0.2) is 4.79 Å². The minimum absolute atomic E-state index is 0.00871. The average molecular weight is 347 g/mol. The lowest BCUT2D eigenvalue weighted by Crippen LogP contribution is -2.42. The summed E-state index contributed by atoms with van der Waals surface area (Å²) in [5.41, 5.74) is 6.27. The molecule has 1 aliphatic carbocycles. The summed E-state index contributed by atoms with van der Waals surface area (Å²) in [6.07, 6.45) is 2.83. The summed E-state index contributed by atoms with van der Waals surface area (Å²) in [6, 6.07) is 7.62. The number of nitrogens with zero attached hydrogens (tertiary/aromatic N) is 2. The highest BCUT2D eigenvalue weighted by Gasteiger charge is 2.37. The zero-order chi connectivity index (χ0) is 17.8.